The Kier molecular flexibility index (Phi) is 5.91. The number of aliphatic carboxylic acids is 1. The smallest absolute Gasteiger partial charge is 0.303 e. The standard InChI is InChI=1S/C12H18N2O4S/c1-8-11(19-9(13-8)7-18-3)12(17)14(2)6-4-5-10(15)16/h4-7H2,1-3H3,(H,15,16). The summed E-state index contributed by atoms with van der Waals surface area (Å²) in [6.07, 6.45) is 0.509. The Morgan fingerprint density at radius 3 is 2.74 bits per heavy atom. The number of ether oxygens (including phenoxy) is 1. The van der Waals surface area contributed by atoms with Crippen LogP contribution < -0.4 is 0 Å². The summed E-state index contributed by atoms with van der Waals surface area (Å²) in [5.74, 6) is -0.972. The Bertz CT molecular complexity index is 459. The van der Waals surface area contributed by atoms with Crippen molar-refractivity contribution in [3.8, 4) is 0 Å². The zero-order valence-corrected chi connectivity index (χ0v) is 12.1. The number of aromatic nitrogens is 1. The fourth-order valence-electron chi connectivity index (χ4n) is 1.58. The number of nitrogens with zero attached hydrogens (tertiary/aromatic N) is 2. The van der Waals surface area contributed by atoms with E-state index in [-0.39, 0.29) is 12.3 Å². The van der Waals surface area contributed by atoms with Gasteiger partial charge in [-0.05, 0) is 13.3 Å². The number of thiazole rings is 1. The van der Waals surface area contributed by atoms with Crippen molar-refractivity contribution in [2.24, 2.45) is 0 Å². The number of amides is 1. The predicted molar refractivity (Wildman–Crippen MR) is 71.4 cm³/mol. The Hall–Kier alpha value is -1.47. The molecule has 1 amide bonds. The topological polar surface area (TPSA) is 79.7 Å². The second-order valence-corrected chi connectivity index (χ2v) is 5.26. The molecule has 1 N–H and O–H groups in total. The van der Waals surface area contributed by atoms with Crippen LogP contribution in [0.1, 0.15) is 33.2 Å². The number of methoxy groups -OCH3 is 1. The number of carbonyl (C=O) groups excluding carboxylic acids is 1. The third kappa shape index (κ3) is 4.60. The molecule has 19 heavy (non-hydrogen) atoms. The van der Waals surface area contributed by atoms with Crippen LogP contribution in [0.3, 0.4) is 0 Å². The van der Waals surface area contributed by atoms with Crippen molar-refractivity contribution < 1.29 is 19.4 Å². The average Bonchev–Trinajstić information content (AvgIpc) is 2.69. The monoisotopic (exact) mass is 286 g/mol. The molecule has 106 valence electrons. The Labute approximate surface area is 116 Å². The molecule has 0 aliphatic rings. The van der Waals surface area contributed by atoms with Crippen LogP contribution in [0.4, 0.5) is 0 Å². The highest BCUT2D eigenvalue weighted by Gasteiger charge is 2.18. The Morgan fingerprint density at radius 2 is 2.16 bits per heavy atom. The molecule has 0 fully saturated rings. The highest BCUT2D eigenvalue weighted by atomic mass is 32.1. The van der Waals surface area contributed by atoms with Gasteiger partial charge in [-0.3, -0.25) is 9.59 Å². The fraction of sp³-hybridized carbons (Fsp3) is 0.583. The first kappa shape index (κ1) is 15.6. The summed E-state index contributed by atoms with van der Waals surface area (Å²) in [5.41, 5.74) is 0.687. The van der Waals surface area contributed by atoms with Gasteiger partial charge in [-0.15, -0.1) is 11.3 Å². The number of rotatable bonds is 7. The first-order valence-corrected chi connectivity index (χ1v) is 6.69. The van der Waals surface area contributed by atoms with E-state index in [0.717, 1.165) is 5.01 Å². The van der Waals surface area contributed by atoms with Gasteiger partial charge in [0.1, 0.15) is 9.88 Å². The van der Waals surface area contributed by atoms with Crippen molar-refractivity contribution in [1.29, 1.82) is 0 Å². The van der Waals surface area contributed by atoms with Crippen molar-refractivity contribution in [2.45, 2.75) is 26.4 Å². The van der Waals surface area contributed by atoms with Crippen LogP contribution >= 0.6 is 11.3 Å². The third-order valence-electron chi connectivity index (χ3n) is 2.53. The van der Waals surface area contributed by atoms with E-state index < -0.39 is 5.97 Å². The van der Waals surface area contributed by atoms with E-state index >= 15 is 0 Å². The molecule has 0 aromatic carbocycles. The normalized spacial score (nSPS) is 10.5. The molecule has 0 unspecified atom stereocenters. The quantitative estimate of drug-likeness (QED) is 0.822. The summed E-state index contributed by atoms with van der Waals surface area (Å²) in [5, 5.41) is 9.33. The van der Waals surface area contributed by atoms with Crippen LogP contribution in [0, 0.1) is 6.92 Å². The highest BCUT2D eigenvalue weighted by Crippen LogP contribution is 2.20. The molecule has 1 heterocycles. The van der Waals surface area contributed by atoms with Gasteiger partial charge in [0.15, 0.2) is 0 Å². The van der Waals surface area contributed by atoms with Crippen molar-refractivity contribution >= 4 is 23.2 Å². The lowest BCUT2D eigenvalue weighted by Crippen LogP contribution is -2.27. The maximum Gasteiger partial charge on any atom is 0.303 e. The van der Waals surface area contributed by atoms with Gasteiger partial charge in [-0.1, -0.05) is 0 Å². The molecular weight excluding hydrogens is 268 g/mol. The molecule has 0 bridgehead atoms. The summed E-state index contributed by atoms with van der Waals surface area (Å²) in [6, 6.07) is 0. The summed E-state index contributed by atoms with van der Waals surface area (Å²) in [7, 11) is 3.25. The van der Waals surface area contributed by atoms with Gasteiger partial charge >= 0.3 is 5.97 Å². The average molecular weight is 286 g/mol. The molecule has 0 saturated heterocycles. The molecular formula is C12H18N2O4S. The van der Waals surface area contributed by atoms with E-state index in [9.17, 15) is 9.59 Å². The molecule has 0 spiro atoms. The predicted octanol–water partition coefficient (Wildman–Crippen LogP) is 1.53. The lowest BCUT2D eigenvalue weighted by Gasteiger charge is -2.15. The zero-order chi connectivity index (χ0) is 14.4. The molecule has 1 aromatic rings. The third-order valence-corrected chi connectivity index (χ3v) is 3.65. The Balaban J connectivity index is 2.63. The number of aryl methyl sites for hydroxylation is 1. The van der Waals surface area contributed by atoms with Gasteiger partial charge in [0.05, 0.1) is 12.3 Å². The molecule has 1 rings (SSSR count). The minimum Gasteiger partial charge on any atom is -0.481 e. The number of hydrogen-bond donors (Lipinski definition) is 1. The van der Waals surface area contributed by atoms with E-state index in [1.54, 1.807) is 21.1 Å². The van der Waals surface area contributed by atoms with Crippen LogP contribution in [0.15, 0.2) is 0 Å². The largest absolute Gasteiger partial charge is 0.481 e. The number of hydrogen-bond acceptors (Lipinski definition) is 5. The first-order chi connectivity index (χ1) is 8.95. The second-order valence-electron chi connectivity index (χ2n) is 4.18. The molecule has 1 aromatic heterocycles. The molecule has 0 saturated carbocycles. The van der Waals surface area contributed by atoms with E-state index in [2.05, 4.69) is 4.98 Å². The summed E-state index contributed by atoms with van der Waals surface area (Å²) < 4.78 is 4.99. The van der Waals surface area contributed by atoms with E-state index in [1.165, 1.54) is 16.2 Å². The number of carbonyl (C=O) groups is 2. The van der Waals surface area contributed by atoms with E-state index in [0.29, 0.717) is 30.1 Å². The van der Waals surface area contributed by atoms with Crippen LogP contribution in [-0.2, 0) is 16.1 Å². The molecule has 7 heteroatoms. The summed E-state index contributed by atoms with van der Waals surface area (Å²) >= 11 is 1.32. The minimum atomic E-state index is -0.850. The van der Waals surface area contributed by atoms with Crippen molar-refractivity contribution in [2.75, 3.05) is 20.7 Å². The van der Waals surface area contributed by atoms with Crippen molar-refractivity contribution in [3.63, 3.8) is 0 Å². The van der Waals surface area contributed by atoms with Gasteiger partial charge in [0.25, 0.3) is 5.91 Å². The number of carboxylic acid groups (broad SMARTS) is 1. The van der Waals surface area contributed by atoms with Crippen LogP contribution in [0.5, 0.6) is 0 Å². The molecule has 0 aliphatic carbocycles. The van der Waals surface area contributed by atoms with Crippen LogP contribution in [-0.4, -0.2) is 47.6 Å². The van der Waals surface area contributed by atoms with Crippen molar-refractivity contribution in [3.05, 3.63) is 15.6 Å². The van der Waals surface area contributed by atoms with Crippen LogP contribution in [0.2, 0.25) is 0 Å². The molecule has 0 aliphatic heterocycles. The minimum absolute atomic E-state index is 0.0637. The highest BCUT2D eigenvalue weighted by molar-refractivity contribution is 7.13. The maximum absolute atomic E-state index is 12.2. The number of carboxylic acids is 1. The lowest BCUT2D eigenvalue weighted by molar-refractivity contribution is -0.137. The van der Waals surface area contributed by atoms with Crippen LogP contribution in [0.25, 0.3) is 0 Å². The van der Waals surface area contributed by atoms with Gasteiger partial charge < -0.3 is 14.7 Å². The summed E-state index contributed by atoms with van der Waals surface area (Å²) in [6.45, 7) is 2.59. The zero-order valence-electron chi connectivity index (χ0n) is 11.3. The van der Waals surface area contributed by atoms with Gasteiger partial charge in [0.2, 0.25) is 0 Å². The summed E-state index contributed by atoms with van der Waals surface area (Å²) in [4.78, 5) is 29.0. The van der Waals surface area contributed by atoms with E-state index in [1.807, 2.05) is 0 Å². The molecule has 6 nitrogen and oxygen atoms in total. The van der Waals surface area contributed by atoms with Gasteiger partial charge in [0, 0.05) is 27.1 Å². The molecule has 0 atom stereocenters. The second kappa shape index (κ2) is 7.20. The Morgan fingerprint density at radius 1 is 1.47 bits per heavy atom. The lowest BCUT2D eigenvalue weighted by atomic mass is 10.3. The maximum atomic E-state index is 12.2. The van der Waals surface area contributed by atoms with E-state index in [4.69, 9.17) is 9.84 Å². The van der Waals surface area contributed by atoms with Crippen molar-refractivity contribution in [1.82, 2.24) is 9.88 Å². The van der Waals surface area contributed by atoms with Gasteiger partial charge in [-0.25, -0.2) is 4.98 Å². The van der Waals surface area contributed by atoms with Gasteiger partial charge in [-0.2, -0.15) is 0 Å². The SMILES string of the molecule is COCc1nc(C)c(C(=O)N(C)CCCC(=O)O)s1. The first-order valence-electron chi connectivity index (χ1n) is 5.88. The fourth-order valence-corrected chi connectivity index (χ4v) is 2.61. The molecule has 0 radical (unpaired) electrons.